The van der Waals surface area contributed by atoms with Crippen LogP contribution in [0.2, 0.25) is 4.34 Å². The molecule has 0 aromatic carbocycles. The molecule has 0 radical (unpaired) electrons. The van der Waals surface area contributed by atoms with Crippen LogP contribution >= 0.6 is 22.9 Å². The summed E-state index contributed by atoms with van der Waals surface area (Å²) >= 11 is 7.74. The normalized spacial score (nSPS) is 25.4. The summed E-state index contributed by atoms with van der Waals surface area (Å²) in [4.78, 5) is 6.47. The van der Waals surface area contributed by atoms with Crippen LogP contribution in [0.15, 0.2) is 12.1 Å². The fourth-order valence-electron chi connectivity index (χ4n) is 3.08. The Morgan fingerprint density at radius 2 is 1.95 bits per heavy atom. The van der Waals surface area contributed by atoms with Crippen molar-refractivity contribution in [3.63, 3.8) is 0 Å². The van der Waals surface area contributed by atoms with E-state index in [1.54, 1.807) is 11.3 Å². The van der Waals surface area contributed by atoms with Crippen molar-refractivity contribution in [2.24, 2.45) is 5.73 Å². The van der Waals surface area contributed by atoms with Gasteiger partial charge in [-0.2, -0.15) is 0 Å². The average molecular weight is 300 g/mol. The van der Waals surface area contributed by atoms with Gasteiger partial charge in [-0.05, 0) is 31.9 Å². The molecule has 0 bridgehead atoms. The molecule has 5 heteroatoms. The van der Waals surface area contributed by atoms with E-state index in [-0.39, 0.29) is 6.04 Å². The van der Waals surface area contributed by atoms with Gasteiger partial charge in [-0.1, -0.05) is 11.6 Å². The number of thiophene rings is 1. The monoisotopic (exact) mass is 299 g/mol. The van der Waals surface area contributed by atoms with E-state index in [9.17, 15) is 0 Å². The summed E-state index contributed by atoms with van der Waals surface area (Å²) in [6.07, 6.45) is 2.80. The topological polar surface area (TPSA) is 32.5 Å². The van der Waals surface area contributed by atoms with Gasteiger partial charge >= 0.3 is 0 Å². The minimum atomic E-state index is 0.141. The maximum atomic E-state index is 6.22. The van der Waals surface area contributed by atoms with Gasteiger partial charge in [-0.3, -0.25) is 9.80 Å². The van der Waals surface area contributed by atoms with Crippen molar-refractivity contribution in [3.8, 4) is 0 Å². The predicted molar refractivity (Wildman–Crippen MR) is 81.9 cm³/mol. The number of hydrogen-bond donors (Lipinski definition) is 1. The standard InChI is InChI=1S/C14H22ClN3S/c1-10(16)14(12-4-5-13(15)19-12)18-8-6-17(7-9-18)11-2-3-11/h4-5,10-11,14H,2-3,6-9,16H2,1H3. The maximum absolute atomic E-state index is 6.22. The van der Waals surface area contributed by atoms with Crippen molar-refractivity contribution in [2.75, 3.05) is 26.2 Å². The number of piperazine rings is 1. The summed E-state index contributed by atoms with van der Waals surface area (Å²) in [6.45, 7) is 6.72. The van der Waals surface area contributed by atoms with Gasteiger partial charge in [-0.25, -0.2) is 0 Å². The molecule has 3 rings (SSSR count). The lowest BCUT2D eigenvalue weighted by Gasteiger charge is -2.40. The first kappa shape index (κ1) is 13.8. The molecule has 0 amide bonds. The van der Waals surface area contributed by atoms with Crippen molar-refractivity contribution >= 4 is 22.9 Å². The van der Waals surface area contributed by atoms with Crippen LogP contribution in [0.5, 0.6) is 0 Å². The third kappa shape index (κ3) is 3.14. The first-order chi connectivity index (χ1) is 9.15. The van der Waals surface area contributed by atoms with Crippen LogP contribution in [0.25, 0.3) is 0 Å². The van der Waals surface area contributed by atoms with Gasteiger partial charge in [0.25, 0.3) is 0 Å². The van der Waals surface area contributed by atoms with Crippen molar-refractivity contribution in [1.82, 2.24) is 9.80 Å². The van der Waals surface area contributed by atoms with Crippen LogP contribution < -0.4 is 5.73 Å². The van der Waals surface area contributed by atoms with Crippen LogP contribution in [-0.4, -0.2) is 48.1 Å². The fourth-order valence-corrected chi connectivity index (χ4v) is 4.39. The van der Waals surface area contributed by atoms with Crippen LogP contribution in [0.1, 0.15) is 30.7 Å². The number of rotatable bonds is 4. The molecule has 1 aliphatic heterocycles. The largest absolute Gasteiger partial charge is 0.326 e. The molecule has 1 aromatic heterocycles. The molecule has 2 fully saturated rings. The van der Waals surface area contributed by atoms with Crippen LogP contribution in [0, 0.1) is 0 Å². The number of nitrogens with zero attached hydrogens (tertiary/aromatic N) is 2. The Bertz CT molecular complexity index is 422. The van der Waals surface area contributed by atoms with E-state index in [0.717, 1.165) is 23.5 Å². The second-order valence-electron chi connectivity index (χ2n) is 5.75. The quantitative estimate of drug-likeness (QED) is 0.927. The molecule has 3 nitrogen and oxygen atoms in total. The molecule has 1 saturated carbocycles. The second-order valence-corrected chi connectivity index (χ2v) is 7.50. The molecule has 1 aliphatic carbocycles. The van der Waals surface area contributed by atoms with E-state index in [0.29, 0.717) is 6.04 Å². The van der Waals surface area contributed by atoms with E-state index in [4.69, 9.17) is 17.3 Å². The van der Waals surface area contributed by atoms with Crippen molar-refractivity contribution < 1.29 is 0 Å². The minimum absolute atomic E-state index is 0.141. The highest BCUT2D eigenvalue weighted by atomic mass is 35.5. The molecule has 2 unspecified atom stereocenters. The van der Waals surface area contributed by atoms with Gasteiger partial charge in [0.1, 0.15) is 0 Å². The Kier molecular flexibility index (Phi) is 4.15. The van der Waals surface area contributed by atoms with Gasteiger partial charge < -0.3 is 5.73 Å². The van der Waals surface area contributed by atoms with Crippen LogP contribution in [-0.2, 0) is 0 Å². The van der Waals surface area contributed by atoms with Crippen molar-refractivity contribution in [1.29, 1.82) is 0 Å². The Morgan fingerprint density at radius 3 is 2.42 bits per heavy atom. The molecule has 2 heterocycles. The zero-order chi connectivity index (χ0) is 13.4. The first-order valence-corrected chi connectivity index (χ1v) is 8.33. The lowest BCUT2D eigenvalue weighted by molar-refractivity contribution is 0.0840. The van der Waals surface area contributed by atoms with Gasteiger partial charge in [0, 0.05) is 43.1 Å². The van der Waals surface area contributed by atoms with Crippen LogP contribution in [0.3, 0.4) is 0 Å². The van der Waals surface area contributed by atoms with E-state index in [2.05, 4.69) is 22.8 Å². The fraction of sp³-hybridized carbons (Fsp3) is 0.714. The molecule has 2 aliphatic rings. The lowest BCUT2D eigenvalue weighted by Crippen LogP contribution is -2.51. The highest BCUT2D eigenvalue weighted by Crippen LogP contribution is 2.34. The Labute approximate surface area is 124 Å². The summed E-state index contributed by atoms with van der Waals surface area (Å²) in [5.41, 5.74) is 6.22. The molecule has 1 saturated heterocycles. The van der Waals surface area contributed by atoms with E-state index < -0.39 is 0 Å². The maximum Gasteiger partial charge on any atom is 0.0931 e. The number of hydrogen-bond acceptors (Lipinski definition) is 4. The number of nitrogens with two attached hydrogens (primary N) is 1. The van der Waals surface area contributed by atoms with Gasteiger partial charge in [0.15, 0.2) is 0 Å². The highest BCUT2D eigenvalue weighted by Gasteiger charge is 2.34. The van der Waals surface area contributed by atoms with Gasteiger partial charge in [0.2, 0.25) is 0 Å². The van der Waals surface area contributed by atoms with E-state index in [1.807, 2.05) is 6.07 Å². The molecular weight excluding hydrogens is 278 g/mol. The molecule has 1 aromatic rings. The second kappa shape index (κ2) is 5.70. The Balaban J connectivity index is 1.67. The van der Waals surface area contributed by atoms with E-state index >= 15 is 0 Å². The van der Waals surface area contributed by atoms with Crippen molar-refractivity contribution in [2.45, 2.75) is 37.9 Å². The summed E-state index contributed by atoms with van der Waals surface area (Å²) in [5.74, 6) is 0. The summed E-state index contributed by atoms with van der Waals surface area (Å²) in [6, 6.07) is 5.46. The highest BCUT2D eigenvalue weighted by molar-refractivity contribution is 7.16. The van der Waals surface area contributed by atoms with Gasteiger partial charge in [-0.15, -0.1) is 11.3 Å². The third-order valence-electron chi connectivity index (χ3n) is 4.19. The SMILES string of the molecule is CC(N)C(c1ccc(Cl)s1)N1CCN(C2CC2)CC1. The molecule has 2 N–H and O–H groups in total. The summed E-state index contributed by atoms with van der Waals surface area (Å²) in [5, 5.41) is 0. The van der Waals surface area contributed by atoms with Gasteiger partial charge in [0.05, 0.1) is 10.4 Å². The Morgan fingerprint density at radius 1 is 1.26 bits per heavy atom. The minimum Gasteiger partial charge on any atom is -0.326 e. The predicted octanol–water partition coefficient (Wildman–Crippen LogP) is 2.57. The Hall–Kier alpha value is -0.130. The number of halogens is 1. The third-order valence-corrected chi connectivity index (χ3v) is 5.49. The first-order valence-electron chi connectivity index (χ1n) is 7.14. The lowest BCUT2D eigenvalue weighted by atomic mass is 10.1. The molecule has 106 valence electrons. The van der Waals surface area contributed by atoms with Crippen molar-refractivity contribution in [3.05, 3.63) is 21.3 Å². The smallest absolute Gasteiger partial charge is 0.0931 e. The average Bonchev–Trinajstić information content (AvgIpc) is 3.14. The van der Waals surface area contributed by atoms with E-state index in [1.165, 1.54) is 30.8 Å². The molecule has 2 atom stereocenters. The molecule has 19 heavy (non-hydrogen) atoms. The summed E-state index contributed by atoms with van der Waals surface area (Å²) < 4.78 is 0.859. The molecule has 0 spiro atoms. The molecular formula is C14H22ClN3S. The zero-order valence-electron chi connectivity index (χ0n) is 11.4. The zero-order valence-corrected chi connectivity index (χ0v) is 13.0. The van der Waals surface area contributed by atoms with Crippen LogP contribution in [0.4, 0.5) is 0 Å². The summed E-state index contributed by atoms with van der Waals surface area (Å²) in [7, 11) is 0.